The van der Waals surface area contributed by atoms with Crippen LogP contribution in [-0.4, -0.2) is 40.8 Å². The topological polar surface area (TPSA) is 39.7 Å². The molecule has 0 rings (SSSR count). The van der Waals surface area contributed by atoms with Gasteiger partial charge in [-0.1, -0.05) is 13.8 Å². The van der Waals surface area contributed by atoms with Crippen molar-refractivity contribution in [2.45, 2.75) is 59.2 Å². The van der Waals surface area contributed by atoms with Crippen molar-refractivity contribution in [2.75, 3.05) is 20.3 Å². The summed E-state index contributed by atoms with van der Waals surface area (Å²) in [5, 5.41) is 3.28. The van der Waals surface area contributed by atoms with Gasteiger partial charge in [0.1, 0.15) is 0 Å². The molecule has 0 bridgehead atoms. The van der Waals surface area contributed by atoms with Crippen molar-refractivity contribution in [3.05, 3.63) is 0 Å². The Morgan fingerprint density at radius 3 is 1.82 bits per heavy atom. The molecule has 0 saturated carbocycles. The number of hydrogen-bond donors (Lipinski definition) is 1. The minimum Gasteiger partial charge on any atom is -0.373 e. The van der Waals surface area contributed by atoms with E-state index in [0.717, 1.165) is 12.8 Å². The molecule has 0 radical (unpaired) electrons. The van der Waals surface area contributed by atoms with Gasteiger partial charge in [-0.2, -0.15) is 0 Å². The third-order valence-corrected chi connectivity index (χ3v) is 6.48. The molecule has 1 N–H and O–H groups in total. The summed E-state index contributed by atoms with van der Waals surface area (Å²) in [7, 11) is -0.682. The SMILES string of the molecule is CCO[Si](OCC)(OC(C)CC)C(CC)NC. The summed E-state index contributed by atoms with van der Waals surface area (Å²) in [4.78, 5) is 0. The second-order valence-corrected chi connectivity index (χ2v) is 6.77. The first-order valence-corrected chi connectivity index (χ1v) is 8.53. The molecule has 0 saturated heterocycles. The van der Waals surface area contributed by atoms with Gasteiger partial charge in [0.25, 0.3) is 0 Å². The van der Waals surface area contributed by atoms with Crippen molar-refractivity contribution in [2.24, 2.45) is 0 Å². The lowest BCUT2D eigenvalue weighted by atomic mass is 10.3. The quantitative estimate of drug-likeness (QED) is 0.614. The fourth-order valence-electron chi connectivity index (χ4n) is 1.79. The fourth-order valence-corrected chi connectivity index (χ4v) is 4.96. The van der Waals surface area contributed by atoms with E-state index < -0.39 is 8.80 Å². The van der Waals surface area contributed by atoms with Gasteiger partial charge < -0.3 is 18.6 Å². The molecule has 2 unspecified atom stereocenters. The molecule has 0 spiro atoms. The van der Waals surface area contributed by atoms with E-state index in [2.05, 4.69) is 26.1 Å². The van der Waals surface area contributed by atoms with E-state index in [1.807, 2.05) is 20.9 Å². The molecule has 0 aromatic carbocycles. The summed E-state index contributed by atoms with van der Waals surface area (Å²) in [6.45, 7) is 11.5. The molecule has 0 amide bonds. The average Bonchev–Trinajstić information content (AvgIpc) is 2.31. The van der Waals surface area contributed by atoms with E-state index in [1.54, 1.807) is 0 Å². The first-order valence-electron chi connectivity index (χ1n) is 6.73. The standard InChI is InChI=1S/C12H29NO3Si/c1-7-11(5)16-17(14-9-3,15-10-4)12(8-2)13-6/h11-13H,7-10H2,1-6H3. The Morgan fingerprint density at radius 1 is 1.00 bits per heavy atom. The Morgan fingerprint density at radius 2 is 1.53 bits per heavy atom. The van der Waals surface area contributed by atoms with Gasteiger partial charge in [-0.05, 0) is 40.7 Å². The predicted octanol–water partition coefficient (Wildman–Crippen LogP) is 2.35. The molecule has 0 aromatic heterocycles. The maximum atomic E-state index is 6.14. The van der Waals surface area contributed by atoms with Crippen molar-refractivity contribution < 1.29 is 13.3 Å². The van der Waals surface area contributed by atoms with Crippen LogP contribution in [0.15, 0.2) is 0 Å². The lowest BCUT2D eigenvalue weighted by molar-refractivity contribution is 0.0261. The van der Waals surface area contributed by atoms with Crippen LogP contribution in [0.4, 0.5) is 0 Å². The summed E-state index contributed by atoms with van der Waals surface area (Å²) < 4.78 is 18.0. The molecule has 0 heterocycles. The number of rotatable bonds is 10. The molecule has 0 aromatic rings. The van der Waals surface area contributed by atoms with Crippen LogP contribution in [0.5, 0.6) is 0 Å². The van der Waals surface area contributed by atoms with Crippen LogP contribution >= 0.6 is 0 Å². The van der Waals surface area contributed by atoms with Crippen molar-refractivity contribution in [1.29, 1.82) is 0 Å². The molecular formula is C12H29NO3Si. The Hall–Kier alpha value is 0.0569. The largest absolute Gasteiger partial charge is 0.519 e. The van der Waals surface area contributed by atoms with Gasteiger partial charge in [0.05, 0.1) is 5.67 Å². The first-order chi connectivity index (χ1) is 8.10. The highest BCUT2D eigenvalue weighted by atomic mass is 28.4. The lowest BCUT2D eigenvalue weighted by Gasteiger charge is -2.36. The third-order valence-electron chi connectivity index (χ3n) is 2.81. The lowest BCUT2D eigenvalue weighted by Crippen LogP contribution is -2.62. The maximum absolute atomic E-state index is 6.14. The van der Waals surface area contributed by atoms with Gasteiger partial charge in [-0.3, -0.25) is 0 Å². The van der Waals surface area contributed by atoms with Crippen molar-refractivity contribution >= 4 is 8.80 Å². The maximum Gasteiger partial charge on any atom is 0.519 e. The summed E-state index contributed by atoms with van der Waals surface area (Å²) in [5.41, 5.74) is 0.163. The van der Waals surface area contributed by atoms with Crippen LogP contribution in [0.1, 0.15) is 47.5 Å². The van der Waals surface area contributed by atoms with Crippen LogP contribution in [0.25, 0.3) is 0 Å². The van der Waals surface area contributed by atoms with Gasteiger partial charge in [0.2, 0.25) is 0 Å². The Kier molecular flexibility index (Phi) is 9.08. The van der Waals surface area contributed by atoms with Gasteiger partial charge in [-0.15, -0.1) is 0 Å². The fraction of sp³-hybridized carbons (Fsp3) is 1.00. The van der Waals surface area contributed by atoms with Crippen LogP contribution in [0.3, 0.4) is 0 Å². The summed E-state index contributed by atoms with van der Waals surface area (Å²) >= 11 is 0. The van der Waals surface area contributed by atoms with Crippen LogP contribution in [-0.2, 0) is 13.3 Å². The van der Waals surface area contributed by atoms with E-state index in [-0.39, 0.29) is 11.8 Å². The first kappa shape index (κ1) is 17.1. The summed E-state index contributed by atoms with van der Waals surface area (Å²) in [6, 6.07) is 0. The van der Waals surface area contributed by atoms with Crippen molar-refractivity contribution in [3.63, 3.8) is 0 Å². The molecule has 2 atom stereocenters. The van der Waals surface area contributed by atoms with Crippen molar-refractivity contribution in [3.8, 4) is 0 Å². The summed E-state index contributed by atoms with van der Waals surface area (Å²) in [6.07, 6.45) is 2.08. The van der Waals surface area contributed by atoms with E-state index >= 15 is 0 Å². The number of nitrogens with one attached hydrogen (secondary N) is 1. The third kappa shape index (κ3) is 5.05. The zero-order valence-corrected chi connectivity index (χ0v) is 13.2. The van der Waals surface area contributed by atoms with Gasteiger partial charge in [0.15, 0.2) is 0 Å². The summed E-state index contributed by atoms with van der Waals surface area (Å²) in [5.74, 6) is 0. The Balaban J connectivity index is 4.94. The second-order valence-electron chi connectivity index (χ2n) is 4.06. The van der Waals surface area contributed by atoms with Crippen molar-refractivity contribution in [1.82, 2.24) is 5.32 Å². The zero-order valence-electron chi connectivity index (χ0n) is 12.2. The minimum absolute atomic E-state index is 0.163. The molecule has 17 heavy (non-hydrogen) atoms. The second kappa shape index (κ2) is 9.05. The van der Waals surface area contributed by atoms with Gasteiger partial charge in [-0.25, -0.2) is 0 Å². The smallest absolute Gasteiger partial charge is 0.373 e. The average molecular weight is 263 g/mol. The molecular weight excluding hydrogens is 234 g/mol. The molecule has 4 nitrogen and oxygen atoms in total. The van der Waals surface area contributed by atoms with E-state index in [0.29, 0.717) is 13.2 Å². The van der Waals surface area contributed by atoms with Crippen LogP contribution < -0.4 is 5.32 Å². The minimum atomic E-state index is -2.62. The molecule has 0 aliphatic carbocycles. The highest BCUT2D eigenvalue weighted by Gasteiger charge is 2.49. The van der Waals surface area contributed by atoms with E-state index in [4.69, 9.17) is 13.3 Å². The normalized spacial score (nSPS) is 15.9. The highest BCUT2D eigenvalue weighted by molar-refractivity contribution is 6.62. The molecule has 0 fully saturated rings. The molecule has 0 aliphatic heterocycles. The van der Waals surface area contributed by atoms with Crippen LogP contribution in [0, 0.1) is 0 Å². The Bertz CT molecular complexity index is 183. The highest BCUT2D eigenvalue weighted by Crippen LogP contribution is 2.20. The molecule has 104 valence electrons. The van der Waals surface area contributed by atoms with Crippen LogP contribution in [0.2, 0.25) is 0 Å². The van der Waals surface area contributed by atoms with Gasteiger partial charge >= 0.3 is 8.80 Å². The zero-order chi connectivity index (χ0) is 13.3. The molecule has 5 heteroatoms. The van der Waals surface area contributed by atoms with E-state index in [9.17, 15) is 0 Å². The molecule has 0 aliphatic rings. The predicted molar refractivity (Wildman–Crippen MR) is 73.0 cm³/mol. The monoisotopic (exact) mass is 263 g/mol. The number of hydrogen-bond acceptors (Lipinski definition) is 4. The van der Waals surface area contributed by atoms with Gasteiger partial charge in [0, 0.05) is 19.3 Å². The Labute approximate surface area is 107 Å². The van der Waals surface area contributed by atoms with E-state index in [1.165, 1.54) is 0 Å².